The molecule has 0 spiro atoms. The normalized spacial score (nSPS) is 23.8. The van der Waals surface area contributed by atoms with Crippen molar-refractivity contribution in [3.05, 3.63) is 17.5 Å². The summed E-state index contributed by atoms with van der Waals surface area (Å²) in [7, 11) is 0. The second kappa shape index (κ2) is 6.06. The lowest BCUT2D eigenvalue weighted by Crippen LogP contribution is -2.46. The van der Waals surface area contributed by atoms with Crippen LogP contribution in [-0.4, -0.2) is 47.2 Å². The van der Waals surface area contributed by atoms with Crippen molar-refractivity contribution in [1.29, 1.82) is 0 Å². The highest BCUT2D eigenvalue weighted by Gasteiger charge is 2.25. The maximum Gasteiger partial charge on any atom is 0.150 e. The molecule has 3 heterocycles. The van der Waals surface area contributed by atoms with Gasteiger partial charge in [-0.2, -0.15) is 0 Å². The van der Waals surface area contributed by atoms with Gasteiger partial charge >= 0.3 is 0 Å². The second-order valence-electron chi connectivity index (χ2n) is 6.04. The molecule has 0 N–H and O–H groups in total. The van der Waals surface area contributed by atoms with E-state index < -0.39 is 0 Å². The van der Waals surface area contributed by atoms with E-state index in [1.54, 1.807) is 0 Å². The van der Waals surface area contributed by atoms with Crippen LogP contribution in [0.3, 0.4) is 0 Å². The Labute approximate surface area is 115 Å². The minimum Gasteiger partial charge on any atom is -0.360 e. The molecule has 0 amide bonds. The first-order valence-electron chi connectivity index (χ1n) is 7.70. The van der Waals surface area contributed by atoms with Gasteiger partial charge in [-0.1, -0.05) is 11.6 Å². The number of aryl methyl sites for hydroxylation is 1. The monoisotopic (exact) mass is 263 g/mol. The number of nitrogens with zero attached hydrogens (tertiary/aromatic N) is 3. The van der Waals surface area contributed by atoms with Gasteiger partial charge in [0.25, 0.3) is 0 Å². The standard InChI is InChI=1S/C15H25N3O/c1-13-11-15(19-16-13)12-17-9-5-14(6-10-17)18-7-3-2-4-8-18/h11,14H,2-10,12H2,1H3. The fourth-order valence-electron chi connectivity index (χ4n) is 3.44. The lowest BCUT2D eigenvalue weighted by molar-refractivity contribution is 0.0855. The van der Waals surface area contributed by atoms with E-state index in [0.29, 0.717) is 0 Å². The van der Waals surface area contributed by atoms with Crippen LogP contribution in [0.4, 0.5) is 0 Å². The highest BCUT2D eigenvalue weighted by Crippen LogP contribution is 2.21. The Hall–Kier alpha value is -0.870. The quantitative estimate of drug-likeness (QED) is 0.838. The molecule has 19 heavy (non-hydrogen) atoms. The minimum atomic E-state index is 0.827. The van der Waals surface area contributed by atoms with Crippen molar-refractivity contribution in [2.45, 2.75) is 51.6 Å². The predicted molar refractivity (Wildman–Crippen MR) is 75.0 cm³/mol. The first-order valence-corrected chi connectivity index (χ1v) is 7.70. The molecule has 3 rings (SSSR count). The molecule has 0 aliphatic carbocycles. The smallest absolute Gasteiger partial charge is 0.150 e. The first-order chi connectivity index (χ1) is 9.31. The molecule has 0 unspecified atom stereocenters. The summed E-state index contributed by atoms with van der Waals surface area (Å²) >= 11 is 0. The van der Waals surface area contributed by atoms with Gasteiger partial charge in [-0.25, -0.2) is 0 Å². The number of aromatic nitrogens is 1. The number of piperidine rings is 2. The van der Waals surface area contributed by atoms with Gasteiger partial charge in [-0.3, -0.25) is 4.90 Å². The molecule has 2 fully saturated rings. The number of rotatable bonds is 3. The Morgan fingerprint density at radius 2 is 1.89 bits per heavy atom. The van der Waals surface area contributed by atoms with Gasteiger partial charge in [0.15, 0.2) is 5.76 Å². The van der Waals surface area contributed by atoms with Gasteiger partial charge in [0.2, 0.25) is 0 Å². The summed E-state index contributed by atoms with van der Waals surface area (Å²) in [6.45, 7) is 7.95. The molecule has 0 radical (unpaired) electrons. The molecule has 1 aromatic heterocycles. The average molecular weight is 263 g/mol. The molecule has 0 aromatic carbocycles. The molecule has 4 heteroatoms. The Balaban J connectivity index is 1.46. The van der Waals surface area contributed by atoms with E-state index in [0.717, 1.165) is 24.0 Å². The van der Waals surface area contributed by atoms with E-state index in [-0.39, 0.29) is 0 Å². The SMILES string of the molecule is Cc1cc(CN2CCC(N3CCCCC3)CC2)on1. The third kappa shape index (κ3) is 3.37. The lowest BCUT2D eigenvalue weighted by atomic mass is 10.00. The van der Waals surface area contributed by atoms with Crippen LogP contribution in [0.1, 0.15) is 43.6 Å². The van der Waals surface area contributed by atoms with Gasteiger partial charge in [0, 0.05) is 25.2 Å². The summed E-state index contributed by atoms with van der Waals surface area (Å²) in [6.07, 6.45) is 6.86. The Morgan fingerprint density at radius 3 is 2.53 bits per heavy atom. The van der Waals surface area contributed by atoms with E-state index in [1.165, 1.54) is 58.3 Å². The van der Waals surface area contributed by atoms with Gasteiger partial charge in [-0.05, 0) is 45.7 Å². The minimum absolute atomic E-state index is 0.827. The summed E-state index contributed by atoms with van der Waals surface area (Å²) < 4.78 is 5.31. The van der Waals surface area contributed by atoms with E-state index in [1.807, 2.05) is 6.92 Å². The zero-order valence-corrected chi connectivity index (χ0v) is 12.0. The number of likely N-dealkylation sites (tertiary alicyclic amines) is 2. The first kappa shape index (κ1) is 13.1. The maximum atomic E-state index is 5.31. The van der Waals surface area contributed by atoms with E-state index in [4.69, 9.17) is 4.52 Å². The van der Waals surface area contributed by atoms with Crippen LogP contribution < -0.4 is 0 Å². The zero-order valence-electron chi connectivity index (χ0n) is 12.0. The van der Waals surface area contributed by atoms with Crippen LogP contribution in [0.2, 0.25) is 0 Å². The molecule has 2 aliphatic heterocycles. The molecule has 0 bridgehead atoms. The molecule has 2 saturated heterocycles. The van der Waals surface area contributed by atoms with E-state index >= 15 is 0 Å². The van der Waals surface area contributed by atoms with Crippen molar-refractivity contribution in [2.24, 2.45) is 0 Å². The Kier molecular flexibility index (Phi) is 4.18. The largest absolute Gasteiger partial charge is 0.360 e. The summed E-state index contributed by atoms with van der Waals surface area (Å²) in [6, 6.07) is 2.88. The average Bonchev–Trinajstić information content (AvgIpc) is 2.86. The van der Waals surface area contributed by atoms with E-state index in [2.05, 4.69) is 21.0 Å². The fourth-order valence-corrected chi connectivity index (χ4v) is 3.44. The zero-order chi connectivity index (χ0) is 13.1. The number of hydrogen-bond acceptors (Lipinski definition) is 4. The van der Waals surface area contributed by atoms with Crippen molar-refractivity contribution in [3.63, 3.8) is 0 Å². The third-order valence-electron chi connectivity index (χ3n) is 4.52. The highest BCUT2D eigenvalue weighted by atomic mass is 16.5. The van der Waals surface area contributed by atoms with Crippen molar-refractivity contribution < 1.29 is 4.52 Å². The molecule has 106 valence electrons. The topological polar surface area (TPSA) is 32.5 Å². The van der Waals surface area contributed by atoms with Crippen molar-refractivity contribution in [1.82, 2.24) is 15.0 Å². The molecule has 1 aromatic rings. The Morgan fingerprint density at radius 1 is 1.16 bits per heavy atom. The summed E-state index contributed by atoms with van der Waals surface area (Å²) in [4.78, 5) is 5.22. The van der Waals surface area contributed by atoms with Gasteiger partial charge < -0.3 is 9.42 Å². The Bertz CT molecular complexity index is 390. The maximum absolute atomic E-state index is 5.31. The van der Waals surface area contributed by atoms with Gasteiger partial charge in [-0.15, -0.1) is 0 Å². The van der Waals surface area contributed by atoms with Gasteiger partial charge in [0.1, 0.15) is 0 Å². The van der Waals surface area contributed by atoms with Crippen LogP contribution >= 0.6 is 0 Å². The van der Waals surface area contributed by atoms with Crippen molar-refractivity contribution in [3.8, 4) is 0 Å². The van der Waals surface area contributed by atoms with E-state index in [9.17, 15) is 0 Å². The number of hydrogen-bond donors (Lipinski definition) is 0. The van der Waals surface area contributed by atoms with Crippen molar-refractivity contribution in [2.75, 3.05) is 26.2 Å². The van der Waals surface area contributed by atoms with Crippen LogP contribution in [0, 0.1) is 6.92 Å². The summed E-state index contributed by atoms with van der Waals surface area (Å²) in [5.41, 5.74) is 0.984. The van der Waals surface area contributed by atoms with Crippen molar-refractivity contribution >= 4 is 0 Å². The molecule has 4 nitrogen and oxygen atoms in total. The molecular weight excluding hydrogens is 238 g/mol. The van der Waals surface area contributed by atoms with Gasteiger partial charge in [0.05, 0.1) is 12.2 Å². The second-order valence-corrected chi connectivity index (χ2v) is 6.04. The highest BCUT2D eigenvalue weighted by molar-refractivity contribution is 5.03. The fraction of sp³-hybridized carbons (Fsp3) is 0.800. The predicted octanol–water partition coefficient (Wildman–Crippen LogP) is 2.43. The van der Waals surface area contributed by atoms with Crippen LogP contribution in [0.5, 0.6) is 0 Å². The summed E-state index contributed by atoms with van der Waals surface area (Å²) in [5, 5.41) is 3.96. The molecule has 2 aliphatic rings. The lowest BCUT2D eigenvalue weighted by Gasteiger charge is -2.40. The molecule has 0 saturated carbocycles. The molecular formula is C15H25N3O. The van der Waals surface area contributed by atoms with Crippen LogP contribution in [-0.2, 0) is 6.54 Å². The summed E-state index contributed by atoms with van der Waals surface area (Å²) in [5.74, 6) is 1.01. The molecule has 0 atom stereocenters. The van der Waals surface area contributed by atoms with Crippen LogP contribution in [0.25, 0.3) is 0 Å². The van der Waals surface area contributed by atoms with Crippen LogP contribution in [0.15, 0.2) is 10.6 Å². The third-order valence-corrected chi connectivity index (χ3v) is 4.52.